The van der Waals surface area contributed by atoms with Crippen molar-refractivity contribution in [1.82, 2.24) is 0 Å². The molecule has 1 N–H and O–H groups in total. The van der Waals surface area contributed by atoms with Gasteiger partial charge in [-0.25, -0.2) is 0 Å². The van der Waals surface area contributed by atoms with Crippen LogP contribution in [0.5, 0.6) is 11.5 Å². The average molecular weight is 210 g/mol. The van der Waals surface area contributed by atoms with Crippen LogP contribution in [-0.2, 0) is 0 Å². The standard InChI is InChI=1S/C12H18O3/c1-4-15-10-5-6-12(14-3)11(7-10)9(2)8-13/h5-7,9,13H,4,8H2,1-3H3. The van der Waals surface area contributed by atoms with Gasteiger partial charge >= 0.3 is 0 Å². The molecule has 0 aromatic heterocycles. The summed E-state index contributed by atoms with van der Waals surface area (Å²) < 4.78 is 10.6. The predicted molar refractivity (Wildman–Crippen MR) is 59.7 cm³/mol. The van der Waals surface area contributed by atoms with E-state index in [2.05, 4.69) is 0 Å². The normalized spacial score (nSPS) is 12.3. The summed E-state index contributed by atoms with van der Waals surface area (Å²) in [4.78, 5) is 0. The summed E-state index contributed by atoms with van der Waals surface area (Å²) in [6.07, 6.45) is 0. The van der Waals surface area contributed by atoms with Gasteiger partial charge in [-0.1, -0.05) is 6.92 Å². The van der Waals surface area contributed by atoms with Gasteiger partial charge in [0.15, 0.2) is 0 Å². The first kappa shape index (κ1) is 11.9. The fraction of sp³-hybridized carbons (Fsp3) is 0.500. The minimum atomic E-state index is 0.0559. The summed E-state index contributed by atoms with van der Waals surface area (Å²) in [6, 6.07) is 5.66. The van der Waals surface area contributed by atoms with Crippen LogP contribution in [0.25, 0.3) is 0 Å². The van der Waals surface area contributed by atoms with Crippen molar-refractivity contribution in [3.8, 4) is 11.5 Å². The lowest BCUT2D eigenvalue weighted by atomic mass is 10.0. The molecule has 1 aromatic carbocycles. The fourth-order valence-electron chi connectivity index (χ4n) is 1.45. The van der Waals surface area contributed by atoms with Crippen molar-refractivity contribution < 1.29 is 14.6 Å². The van der Waals surface area contributed by atoms with E-state index in [1.165, 1.54) is 0 Å². The van der Waals surface area contributed by atoms with Crippen LogP contribution in [0, 0.1) is 0 Å². The quantitative estimate of drug-likeness (QED) is 0.809. The van der Waals surface area contributed by atoms with Crippen LogP contribution in [-0.4, -0.2) is 25.4 Å². The summed E-state index contributed by atoms with van der Waals surface area (Å²) in [6.45, 7) is 4.64. The molecule has 3 nitrogen and oxygen atoms in total. The van der Waals surface area contributed by atoms with Crippen molar-refractivity contribution in [2.75, 3.05) is 20.3 Å². The molecular weight excluding hydrogens is 192 g/mol. The number of rotatable bonds is 5. The van der Waals surface area contributed by atoms with Crippen LogP contribution in [0.15, 0.2) is 18.2 Å². The lowest BCUT2D eigenvalue weighted by Gasteiger charge is -2.15. The Morgan fingerprint density at radius 2 is 2.13 bits per heavy atom. The fourth-order valence-corrected chi connectivity index (χ4v) is 1.45. The Kier molecular flexibility index (Phi) is 4.43. The number of benzene rings is 1. The number of hydrogen-bond acceptors (Lipinski definition) is 3. The average Bonchev–Trinajstić information content (AvgIpc) is 2.28. The molecular formula is C12H18O3. The Labute approximate surface area is 90.6 Å². The summed E-state index contributed by atoms with van der Waals surface area (Å²) in [7, 11) is 1.63. The van der Waals surface area contributed by atoms with E-state index in [1.807, 2.05) is 32.0 Å². The molecule has 0 fully saturated rings. The molecule has 1 unspecified atom stereocenters. The van der Waals surface area contributed by atoms with Crippen molar-refractivity contribution in [3.05, 3.63) is 23.8 Å². The summed E-state index contributed by atoms with van der Waals surface area (Å²) in [5.74, 6) is 1.66. The van der Waals surface area contributed by atoms with E-state index < -0.39 is 0 Å². The molecule has 0 aliphatic heterocycles. The SMILES string of the molecule is CCOc1ccc(OC)c(C(C)CO)c1. The lowest BCUT2D eigenvalue weighted by molar-refractivity contribution is 0.269. The molecule has 0 radical (unpaired) electrons. The van der Waals surface area contributed by atoms with Gasteiger partial charge in [-0.2, -0.15) is 0 Å². The second-order valence-corrected chi connectivity index (χ2v) is 3.42. The molecule has 0 amide bonds. The Hall–Kier alpha value is -1.22. The Balaban J connectivity index is 3.01. The minimum absolute atomic E-state index is 0.0559. The predicted octanol–water partition coefficient (Wildman–Crippen LogP) is 2.19. The number of methoxy groups -OCH3 is 1. The summed E-state index contributed by atoms with van der Waals surface area (Å²) >= 11 is 0. The molecule has 0 aliphatic rings. The van der Waals surface area contributed by atoms with E-state index in [9.17, 15) is 0 Å². The van der Waals surface area contributed by atoms with Gasteiger partial charge in [-0.3, -0.25) is 0 Å². The van der Waals surface area contributed by atoms with Crippen LogP contribution >= 0.6 is 0 Å². The van der Waals surface area contributed by atoms with Crippen LogP contribution in [0.3, 0.4) is 0 Å². The molecule has 0 bridgehead atoms. The van der Waals surface area contributed by atoms with E-state index >= 15 is 0 Å². The molecule has 84 valence electrons. The number of aliphatic hydroxyl groups excluding tert-OH is 1. The number of hydrogen-bond donors (Lipinski definition) is 1. The highest BCUT2D eigenvalue weighted by molar-refractivity contribution is 5.42. The van der Waals surface area contributed by atoms with Crippen molar-refractivity contribution in [1.29, 1.82) is 0 Å². The third-order valence-electron chi connectivity index (χ3n) is 2.32. The zero-order chi connectivity index (χ0) is 11.3. The molecule has 0 spiro atoms. The molecule has 15 heavy (non-hydrogen) atoms. The number of aliphatic hydroxyl groups is 1. The molecule has 1 rings (SSSR count). The highest BCUT2D eigenvalue weighted by Gasteiger charge is 2.11. The van der Waals surface area contributed by atoms with Crippen molar-refractivity contribution in [2.24, 2.45) is 0 Å². The van der Waals surface area contributed by atoms with E-state index in [1.54, 1.807) is 7.11 Å². The van der Waals surface area contributed by atoms with Gasteiger partial charge in [-0.05, 0) is 25.1 Å². The van der Waals surface area contributed by atoms with Crippen LogP contribution in [0.4, 0.5) is 0 Å². The first-order valence-corrected chi connectivity index (χ1v) is 5.14. The zero-order valence-electron chi connectivity index (χ0n) is 9.49. The molecule has 0 saturated heterocycles. The first-order valence-electron chi connectivity index (χ1n) is 5.14. The molecule has 0 aliphatic carbocycles. The monoisotopic (exact) mass is 210 g/mol. The van der Waals surface area contributed by atoms with E-state index in [4.69, 9.17) is 14.6 Å². The highest BCUT2D eigenvalue weighted by Crippen LogP contribution is 2.30. The second kappa shape index (κ2) is 5.61. The highest BCUT2D eigenvalue weighted by atomic mass is 16.5. The summed E-state index contributed by atoms with van der Waals surface area (Å²) in [5.41, 5.74) is 0.978. The minimum Gasteiger partial charge on any atom is -0.496 e. The Morgan fingerprint density at radius 3 is 2.67 bits per heavy atom. The van der Waals surface area contributed by atoms with Gasteiger partial charge in [0.05, 0.1) is 13.7 Å². The molecule has 1 atom stereocenters. The van der Waals surface area contributed by atoms with Gasteiger partial charge in [0.25, 0.3) is 0 Å². The maximum Gasteiger partial charge on any atom is 0.122 e. The van der Waals surface area contributed by atoms with Crippen molar-refractivity contribution >= 4 is 0 Å². The molecule has 0 saturated carbocycles. The van der Waals surface area contributed by atoms with E-state index in [0.29, 0.717) is 6.61 Å². The molecule has 3 heteroatoms. The maximum absolute atomic E-state index is 9.13. The second-order valence-electron chi connectivity index (χ2n) is 3.42. The van der Waals surface area contributed by atoms with Gasteiger partial charge in [-0.15, -0.1) is 0 Å². The molecule has 0 heterocycles. The molecule has 1 aromatic rings. The lowest BCUT2D eigenvalue weighted by Crippen LogP contribution is -2.03. The van der Waals surface area contributed by atoms with E-state index in [-0.39, 0.29) is 12.5 Å². The van der Waals surface area contributed by atoms with Gasteiger partial charge in [0.2, 0.25) is 0 Å². The third kappa shape index (κ3) is 2.86. The maximum atomic E-state index is 9.13. The summed E-state index contributed by atoms with van der Waals surface area (Å²) in [5, 5.41) is 9.13. The van der Waals surface area contributed by atoms with Gasteiger partial charge in [0, 0.05) is 18.1 Å². The third-order valence-corrected chi connectivity index (χ3v) is 2.32. The Morgan fingerprint density at radius 1 is 1.40 bits per heavy atom. The number of ether oxygens (including phenoxy) is 2. The zero-order valence-corrected chi connectivity index (χ0v) is 9.49. The van der Waals surface area contributed by atoms with Crippen LogP contribution < -0.4 is 9.47 Å². The Bertz CT molecular complexity index is 310. The van der Waals surface area contributed by atoms with Crippen molar-refractivity contribution in [3.63, 3.8) is 0 Å². The topological polar surface area (TPSA) is 38.7 Å². The van der Waals surface area contributed by atoms with Gasteiger partial charge < -0.3 is 14.6 Å². The van der Waals surface area contributed by atoms with Crippen LogP contribution in [0.2, 0.25) is 0 Å². The van der Waals surface area contributed by atoms with E-state index in [0.717, 1.165) is 17.1 Å². The van der Waals surface area contributed by atoms with Crippen LogP contribution in [0.1, 0.15) is 25.3 Å². The smallest absolute Gasteiger partial charge is 0.122 e. The largest absolute Gasteiger partial charge is 0.496 e. The van der Waals surface area contributed by atoms with Crippen molar-refractivity contribution in [2.45, 2.75) is 19.8 Å². The first-order chi connectivity index (χ1) is 7.22. The van der Waals surface area contributed by atoms with Gasteiger partial charge in [0.1, 0.15) is 11.5 Å².